The van der Waals surface area contributed by atoms with Crippen LogP contribution in [0.1, 0.15) is 34.7 Å². The molecule has 2 aliphatic rings. The molecule has 7 nitrogen and oxygen atoms in total. The van der Waals surface area contributed by atoms with E-state index in [2.05, 4.69) is 35.1 Å². The van der Waals surface area contributed by atoms with Crippen LogP contribution in [0.3, 0.4) is 0 Å². The number of nitrogens with zero attached hydrogens (tertiary/aromatic N) is 2. The smallest absolute Gasteiger partial charge is 0.337 e. The third-order valence-corrected chi connectivity index (χ3v) is 5.30. The molecule has 31 heavy (non-hydrogen) atoms. The normalized spacial score (nSPS) is 15.4. The number of carbonyl (C=O) groups excluding carboxylic acids is 3. The zero-order valence-corrected chi connectivity index (χ0v) is 17.7. The van der Waals surface area contributed by atoms with Crippen LogP contribution in [-0.4, -0.2) is 68.0 Å². The summed E-state index contributed by atoms with van der Waals surface area (Å²) in [4.78, 5) is 37.2. The fourth-order valence-electron chi connectivity index (χ4n) is 3.26. The van der Waals surface area contributed by atoms with Crippen molar-refractivity contribution in [2.75, 3.05) is 39.9 Å². The Morgan fingerprint density at radius 3 is 2.16 bits per heavy atom. The Balaban J connectivity index is 0.000000248. The maximum atomic E-state index is 12.0. The predicted molar refractivity (Wildman–Crippen MR) is 116 cm³/mol. The monoisotopic (exact) mass is 424 g/mol. The highest BCUT2D eigenvalue weighted by Crippen LogP contribution is 2.39. The molecule has 1 aliphatic carbocycles. The van der Waals surface area contributed by atoms with Gasteiger partial charge >= 0.3 is 5.97 Å². The van der Waals surface area contributed by atoms with Gasteiger partial charge in [0.25, 0.3) is 5.91 Å². The topological polar surface area (TPSA) is 76.2 Å². The summed E-state index contributed by atoms with van der Waals surface area (Å²) < 4.78 is 10.0. The number of carbonyl (C=O) groups is 3. The lowest BCUT2D eigenvalue weighted by atomic mass is 10.1. The third-order valence-electron chi connectivity index (χ3n) is 5.30. The van der Waals surface area contributed by atoms with Crippen molar-refractivity contribution in [1.82, 2.24) is 9.80 Å². The van der Waals surface area contributed by atoms with E-state index < -0.39 is 5.97 Å². The van der Waals surface area contributed by atoms with Gasteiger partial charge in [0.05, 0.1) is 12.7 Å². The fourth-order valence-corrected chi connectivity index (χ4v) is 3.26. The Morgan fingerprint density at radius 1 is 0.968 bits per heavy atom. The molecule has 4 rings (SSSR count). The van der Waals surface area contributed by atoms with Crippen LogP contribution >= 0.6 is 0 Å². The molecule has 164 valence electrons. The van der Waals surface area contributed by atoms with Crippen LogP contribution in [0, 0.1) is 0 Å². The van der Waals surface area contributed by atoms with E-state index in [-0.39, 0.29) is 12.5 Å². The van der Waals surface area contributed by atoms with E-state index in [4.69, 9.17) is 4.74 Å². The Bertz CT molecular complexity index is 857. The average Bonchev–Trinajstić information content (AvgIpc) is 3.69. The van der Waals surface area contributed by atoms with Gasteiger partial charge in [0.2, 0.25) is 6.41 Å². The summed E-state index contributed by atoms with van der Waals surface area (Å²) in [6, 6.07) is 17.1. The van der Waals surface area contributed by atoms with Crippen molar-refractivity contribution >= 4 is 18.3 Å². The minimum absolute atomic E-state index is 0.0708. The summed E-state index contributed by atoms with van der Waals surface area (Å²) in [5.41, 5.74) is 1.95. The molecule has 2 aromatic rings. The molecular weight excluding hydrogens is 396 g/mol. The molecular formula is C24H28N2O5. The highest BCUT2D eigenvalue weighted by molar-refractivity contribution is 5.89. The molecule has 0 N–H and O–H groups in total. The summed E-state index contributed by atoms with van der Waals surface area (Å²) in [6.07, 6.45) is 3.61. The zero-order chi connectivity index (χ0) is 22.1. The van der Waals surface area contributed by atoms with Gasteiger partial charge in [-0.05, 0) is 48.6 Å². The van der Waals surface area contributed by atoms with E-state index in [1.165, 1.54) is 25.5 Å². The highest BCUT2D eigenvalue weighted by Gasteiger charge is 2.22. The molecule has 0 atom stereocenters. The van der Waals surface area contributed by atoms with Crippen LogP contribution in [0.2, 0.25) is 0 Å². The summed E-state index contributed by atoms with van der Waals surface area (Å²) in [7, 11) is 1.32. The molecule has 0 bridgehead atoms. The number of methoxy groups -OCH3 is 1. The largest absolute Gasteiger partial charge is 0.484 e. The second-order valence-electron chi connectivity index (χ2n) is 7.51. The maximum Gasteiger partial charge on any atom is 0.337 e. The zero-order valence-electron chi connectivity index (χ0n) is 17.7. The van der Waals surface area contributed by atoms with E-state index in [9.17, 15) is 14.4 Å². The third kappa shape index (κ3) is 6.84. The summed E-state index contributed by atoms with van der Waals surface area (Å²) >= 11 is 0. The van der Waals surface area contributed by atoms with Crippen LogP contribution in [0.25, 0.3) is 0 Å². The Morgan fingerprint density at radius 2 is 1.61 bits per heavy atom. The van der Waals surface area contributed by atoms with E-state index in [0.29, 0.717) is 37.5 Å². The Kier molecular flexibility index (Phi) is 8.04. The lowest BCUT2D eigenvalue weighted by molar-refractivity contribution is -0.137. The van der Waals surface area contributed by atoms with Crippen LogP contribution in [0.4, 0.5) is 0 Å². The fraction of sp³-hybridized carbons (Fsp3) is 0.375. The first-order valence-electron chi connectivity index (χ1n) is 10.4. The molecule has 1 saturated heterocycles. The number of hydrogen-bond acceptors (Lipinski definition) is 5. The van der Waals surface area contributed by atoms with Crippen molar-refractivity contribution in [3.8, 4) is 5.75 Å². The van der Waals surface area contributed by atoms with Crippen molar-refractivity contribution in [2.45, 2.75) is 18.8 Å². The molecule has 0 spiro atoms. The van der Waals surface area contributed by atoms with Crippen LogP contribution in [-0.2, 0) is 14.3 Å². The van der Waals surface area contributed by atoms with Crippen molar-refractivity contribution in [1.29, 1.82) is 0 Å². The molecule has 1 saturated carbocycles. The Labute approximate surface area is 182 Å². The van der Waals surface area contributed by atoms with Crippen LogP contribution in [0.5, 0.6) is 5.75 Å². The standard InChI is InChI=1S/C15H18N2O5.C9H10/c1-21-15(20)12-2-4-13(5-3-12)22-10-14(19)17-8-6-16(11-18)7-9-17;1-2-4-8(5-3-1)9-6-7-9/h2-5,11H,6-10H2,1H3;1-5,9H,6-7H2. The number of hydrogen-bond donors (Lipinski definition) is 0. The van der Waals surface area contributed by atoms with E-state index in [0.717, 1.165) is 12.3 Å². The van der Waals surface area contributed by atoms with E-state index in [1.54, 1.807) is 34.1 Å². The van der Waals surface area contributed by atoms with Gasteiger partial charge in [-0.15, -0.1) is 0 Å². The predicted octanol–water partition coefficient (Wildman–Crippen LogP) is 2.72. The lowest BCUT2D eigenvalue weighted by Crippen LogP contribution is -2.49. The maximum absolute atomic E-state index is 12.0. The van der Waals surface area contributed by atoms with Gasteiger partial charge < -0.3 is 19.3 Å². The SMILES string of the molecule is COC(=O)c1ccc(OCC(=O)N2CCN(C=O)CC2)cc1.c1ccc(C2CC2)cc1. The number of ether oxygens (including phenoxy) is 2. The molecule has 0 radical (unpaired) electrons. The number of rotatable bonds is 6. The molecule has 0 unspecified atom stereocenters. The minimum atomic E-state index is -0.421. The van der Waals surface area contributed by atoms with Crippen LogP contribution in [0.15, 0.2) is 54.6 Å². The van der Waals surface area contributed by atoms with Gasteiger partial charge in [-0.2, -0.15) is 0 Å². The highest BCUT2D eigenvalue weighted by atomic mass is 16.5. The van der Waals surface area contributed by atoms with Gasteiger partial charge in [-0.25, -0.2) is 4.79 Å². The van der Waals surface area contributed by atoms with Gasteiger partial charge in [-0.1, -0.05) is 30.3 Å². The average molecular weight is 424 g/mol. The molecule has 1 heterocycles. The number of benzene rings is 2. The second kappa shape index (κ2) is 11.2. The summed E-state index contributed by atoms with van der Waals surface area (Å²) in [5.74, 6) is 0.872. The molecule has 7 heteroatoms. The molecule has 2 aromatic carbocycles. The number of esters is 1. The van der Waals surface area contributed by atoms with Gasteiger partial charge in [0.1, 0.15) is 5.75 Å². The minimum Gasteiger partial charge on any atom is -0.484 e. The summed E-state index contributed by atoms with van der Waals surface area (Å²) in [6.45, 7) is 2.05. The molecule has 2 fully saturated rings. The second-order valence-corrected chi connectivity index (χ2v) is 7.51. The Hall–Kier alpha value is -3.35. The van der Waals surface area contributed by atoms with Crippen molar-refractivity contribution < 1.29 is 23.9 Å². The summed E-state index contributed by atoms with van der Waals surface area (Å²) in [5, 5.41) is 0. The van der Waals surface area contributed by atoms with Crippen molar-refractivity contribution in [3.05, 3.63) is 65.7 Å². The van der Waals surface area contributed by atoms with Crippen molar-refractivity contribution in [2.24, 2.45) is 0 Å². The quantitative estimate of drug-likeness (QED) is 0.527. The first-order valence-corrected chi connectivity index (χ1v) is 10.4. The number of amides is 2. The van der Waals surface area contributed by atoms with E-state index >= 15 is 0 Å². The van der Waals surface area contributed by atoms with Gasteiger partial charge in [0, 0.05) is 26.2 Å². The number of piperazine rings is 1. The van der Waals surface area contributed by atoms with Crippen LogP contribution < -0.4 is 4.74 Å². The van der Waals surface area contributed by atoms with Gasteiger partial charge in [0.15, 0.2) is 6.61 Å². The molecule has 2 amide bonds. The molecule has 0 aromatic heterocycles. The first-order chi connectivity index (χ1) is 15.1. The van der Waals surface area contributed by atoms with E-state index in [1.807, 2.05) is 0 Å². The first kappa shape index (κ1) is 22.3. The van der Waals surface area contributed by atoms with Gasteiger partial charge in [-0.3, -0.25) is 9.59 Å². The lowest BCUT2D eigenvalue weighted by Gasteiger charge is -2.32. The van der Waals surface area contributed by atoms with Crippen molar-refractivity contribution in [3.63, 3.8) is 0 Å². The molecule has 1 aliphatic heterocycles.